The number of rotatable bonds is 39. The van der Waals surface area contributed by atoms with Crippen molar-refractivity contribution in [3.8, 4) is 0 Å². The van der Waals surface area contributed by atoms with E-state index in [0.29, 0.717) is 29.7 Å². The third-order valence-corrected chi connectivity index (χ3v) is 10.6. The molecule has 0 aromatic carbocycles. The third-order valence-electron chi connectivity index (χ3n) is 9.68. The largest absolute Gasteiger partial charge is 0.756 e. The van der Waals surface area contributed by atoms with Crippen LogP contribution in [0.5, 0.6) is 0 Å². The van der Waals surface area contributed by atoms with Crippen LogP contribution in [-0.4, -0.2) is 76.3 Å². The smallest absolute Gasteiger partial charge is 0.305 e. The first kappa shape index (κ1) is 50.5. The maximum Gasteiger partial charge on any atom is 0.305 e. The molecule has 316 valence electrons. The number of epoxide rings is 1. The van der Waals surface area contributed by atoms with Gasteiger partial charge in [0.05, 0.1) is 46.2 Å². The first-order valence-electron chi connectivity index (χ1n) is 21.9. The fraction of sp³-hybridized carbons (Fsp3) is 0.841. The lowest BCUT2D eigenvalue weighted by Crippen LogP contribution is -2.37. The van der Waals surface area contributed by atoms with Gasteiger partial charge in [-0.05, 0) is 76.7 Å². The highest BCUT2D eigenvalue weighted by Crippen LogP contribution is 2.38. The van der Waals surface area contributed by atoms with E-state index in [1.54, 1.807) is 6.26 Å². The molecule has 1 saturated heterocycles. The van der Waals surface area contributed by atoms with Crippen molar-refractivity contribution in [3.63, 3.8) is 0 Å². The molecular weight excluding hydrogens is 701 g/mol. The van der Waals surface area contributed by atoms with Crippen LogP contribution in [0.3, 0.4) is 0 Å². The minimum Gasteiger partial charge on any atom is -0.756 e. The first-order valence-corrected chi connectivity index (χ1v) is 23.3. The number of esters is 1. The van der Waals surface area contributed by atoms with Crippen molar-refractivity contribution in [1.29, 1.82) is 0 Å². The molecule has 0 bridgehead atoms. The van der Waals surface area contributed by atoms with E-state index in [1.807, 2.05) is 27.2 Å². The van der Waals surface area contributed by atoms with Crippen molar-refractivity contribution < 1.29 is 42.0 Å². The minimum absolute atomic E-state index is 0.0209. The van der Waals surface area contributed by atoms with E-state index in [-0.39, 0.29) is 25.8 Å². The Balaban J connectivity index is 2.25. The second-order valence-electron chi connectivity index (χ2n) is 16.1. The number of carbonyl (C=O) groups excluding carboxylic acids is 1. The van der Waals surface area contributed by atoms with Gasteiger partial charge in [-0.25, -0.2) is 0 Å². The molecule has 0 aliphatic carbocycles. The highest BCUT2D eigenvalue weighted by Gasteiger charge is 2.36. The molecule has 0 spiro atoms. The van der Waals surface area contributed by atoms with Gasteiger partial charge in [-0.1, -0.05) is 122 Å². The van der Waals surface area contributed by atoms with Crippen molar-refractivity contribution in [2.45, 2.75) is 193 Å². The molecule has 0 aromatic heterocycles. The molecule has 4 atom stereocenters. The van der Waals surface area contributed by atoms with Gasteiger partial charge in [0.25, 0.3) is 7.82 Å². The van der Waals surface area contributed by atoms with Gasteiger partial charge in [-0.2, -0.15) is 0 Å². The van der Waals surface area contributed by atoms with E-state index in [9.17, 15) is 14.3 Å². The molecule has 0 aromatic rings. The van der Waals surface area contributed by atoms with Crippen LogP contribution in [-0.2, 0) is 32.6 Å². The quantitative estimate of drug-likeness (QED) is 0.0115. The zero-order valence-corrected chi connectivity index (χ0v) is 36.3. The standard InChI is InChI=1S/C44H82NO8P/c1-6-8-10-11-12-13-14-15-16-17-18-19-22-25-28-32-37-49-41(40-52-54(47,48)51-38-36-45(3,4)5)39-50-44(46)35-31-27-24-21-20-23-26-30-34-43-42(53-43)33-29-9-7-2/h13-14,26,30,32,37,41-43H,6-12,15-25,27-29,31,33-36,38-40H2,1-5H3/b14-13-,30-26-,37-32+/t41-,42?,43?/m1/s1. The summed E-state index contributed by atoms with van der Waals surface area (Å²) in [6, 6.07) is 0. The van der Waals surface area contributed by atoms with Crippen molar-refractivity contribution in [2.24, 2.45) is 0 Å². The van der Waals surface area contributed by atoms with Gasteiger partial charge in [-0.15, -0.1) is 0 Å². The van der Waals surface area contributed by atoms with Crippen molar-refractivity contribution in [2.75, 3.05) is 47.5 Å². The fourth-order valence-corrected chi connectivity index (χ4v) is 6.79. The second kappa shape index (κ2) is 33.6. The van der Waals surface area contributed by atoms with Crippen molar-refractivity contribution in [3.05, 3.63) is 36.6 Å². The Labute approximate surface area is 331 Å². The average Bonchev–Trinajstić information content (AvgIpc) is 3.88. The predicted molar refractivity (Wildman–Crippen MR) is 221 cm³/mol. The molecule has 10 heteroatoms. The topological polar surface area (TPSA) is 107 Å². The van der Waals surface area contributed by atoms with Crippen LogP contribution >= 0.6 is 7.82 Å². The summed E-state index contributed by atoms with van der Waals surface area (Å²) in [6.45, 7) is 4.64. The van der Waals surface area contributed by atoms with E-state index in [2.05, 4.69) is 38.2 Å². The first-order chi connectivity index (χ1) is 26.1. The van der Waals surface area contributed by atoms with E-state index in [1.165, 1.54) is 96.3 Å². The Hall–Kier alpha value is -1.48. The molecule has 1 rings (SSSR count). The number of allylic oxidation sites excluding steroid dienone is 4. The number of quaternary nitrogens is 1. The molecule has 0 saturated carbocycles. The summed E-state index contributed by atoms with van der Waals surface area (Å²) in [5, 5.41) is 0. The lowest BCUT2D eigenvalue weighted by molar-refractivity contribution is -0.870. The summed E-state index contributed by atoms with van der Waals surface area (Å²) in [4.78, 5) is 24.8. The number of hydrogen-bond acceptors (Lipinski definition) is 8. The lowest BCUT2D eigenvalue weighted by Gasteiger charge is -2.28. The Morgan fingerprint density at radius 3 is 1.83 bits per heavy atom. The summed E-state index contributed by atoms with van der Waals surface area (Å²) < 4.78 is 40.1. The van der Waals surface area contributed by atoms with Gasteiger partial charge in [0.2, 0.25) is 0 Å². The van der Waals surface area contributed by atoms with Gasteiger partial charge < -0.3 is 32.6 Å². The number of hydrogen-bond donors (Lipinski definition) is 0. The Bertz CT molecular complexity index is 1030. The molecular formula is C44H82NO8P. The predicted octanol–water partition coefficient (Wildman–Crippen LogP) is 11.3. The van der Waals surface area contributed by atoms with E-state index >= 15 is 0 Å². The van der Waals surface area contributed by atoms with Crippen LogP contribution in [0, 0.1) is 0 Å². The van der Waals surface area contributed by atoms with Crippen molar-refractivity contribution in [1.82, 2.24) is 0 Å². The van der Waals surface area contributed by atoms with Crippen LogP contribution in [0.1, 0.15) is 174 Å². The summed E-state index contributed by atoms with van der Waals surface area (Å²) in [6.07, 6.45) is 41.4. The normalized spacial score (nSPS) is 17.8. The molecule has 1 aliphatic rings. The monoisotopic (exact) mass is 784 g/mol. The van der Waals surface area contributed by atoms with Crippen LogP contribution in [0.25, 0.3) is 0 Å². The number of likely N-dealkylation sites (N-methyl/N-ethyl adjacent to an activating group) is 1. The number of carbonyl (C=O) groups is 1. The van der Waals surface area contributed by atoms with Gasteiger partial charge >= 0.3 is 5.97 Å². The molecule has 9 nitrogen and oxygen atoms in total. The SMILES string of the molecule is CCCCCC/C=C\CCCCCCCC/C=C/O[C@H](COC(=O)CCCCCCC/C=C\CC1OC1CCCCC)COP(=O)([O-])OCC[N+](C)(C)C. The number of phosphoric acid groups is 1. The van der Waals surface area contributed by atoms with Crippen molar-refractivity contribution >= 4 is 13.8 Å². The molecule has 0 N–H and O–H groups in total. The van der Waals surface area contributed by atoms with E-state index in [4.69, 9.17) is 23.3 Å². The van der Waals surface area contributed by atoms with E-state index in [0.717, 1.165) is 57.8 Å². The third kappa shape index (κ3) is 33.8. The zero-order valence-electron chi connectivity index (χ0n) is 35.4. The average molecular weight is 784 g/mol. The Kier molecular flexibility index (Phi) is 31.5. The van der Waals surface area contributed by atoms with Crippen LogP contribution in [0.15, 0.2) is 36.6 Å². The molecule has 1 fully saturated rings. The Morgan fingerprint density at radius 2 is 1.22 bits per heavy atom. The van der Waals surface area contributed by atoms with Gasteiger partial charge in [0.1, 0.15) is 19.8 Å². The highest BCUT2D eigenvalue weighted by atomic mass is 31.2. The molecule has 3 unspecified atom stereocenters. The molecule has 54 heavy (non-hydrogen) atoms. The number of phosphoric ester groups is 1. The summed E-state index contributed by atoms with van der Waals surface area (Å²) in [5.41, 5.74) is 0. The van der Waals surface area contributed by atoms with Gasteiger partial charge in [0.15, 0.2) is 6.10 Å². The summed E-state index contributed by atoms with van der Waals surface area (Å²) >= 11 is 0. The van der Waals surface area contributed by atoms with Crippen LogP contribution < -0.4 is 4.89 Å². The number of nitrogens with zero attached hydrogens (tertiary/aromatic N) is 1. The summed E-state index contributed by atoms with van der Waals surface area (Å²) in [7, 11) is 1.34. The molecule has 1 heterocycles. The van der Waals surface area contributed by atoms with Crippen LogP contribution in [0.4, 0.5) is 0 Å². The molecule has 1 aliphatic heterocycles. The van der Waals surface area contributed by atoms with Crippen LogP contribution in [0.2, 0.25) is 0 Å². The molecule has 0 amide bonds. The second-order valence-corrected chi connectivity index (χ2v) is 17.6. The highest BCUT2D eigenvalue weighted by molar-refractivity contribution is 7.45. The number of unbranched alkanes of at least 4 members (excludes halogenated alkanes) is 18. The van der Waals surface area contributed by atoms with E-state index < -0.39 is 13.9 Å². The van der Waals surface area contributed by atoms with Gasteiger partial charge in [0, 0.05) is 6.42 Å². The zero-order chi connectivity index (χ0) is 39.6. The Morgan fingerprint density at radius 1 is 0.685 bits per heavy atom. The maximum atomic E-state index is 12.5. The summed E-state index contributed by atoms with van der Waals surface area (Å²) in [5.74, 6) is -0.311. The fourth-order valence-electron chi connectivity index (χ4n) is 6.06. The van der Waals surface area contributed by atoms with Gasteiger partial charge in [-0.3, -0.25) is 9.36 Å². The molecule has 0 radical (unpaired) electrons. The minimum atomic E-state index is -4.52. The lowest BCUT2D eigenvalue weighted by atomic mass is 10.1. The maximum absolute atomic E-state index is 12.5. The number of ether oxygens (including phenoxy) is 3.